The molecule has 2 heterocycles. The number of pyridine rings is 1. The average molecular weight is 235 g/mol. The van der Waals surface area contributed by atoms with Crippen molar-refractivity contribution in [2.45, 2.75) is 13.0 Å². The van der Waals surface area contributed by atoms with Crippen LogP contribution in [-0.4, -0.2) is 56.3 Å². The van der Waals surface area contributed by atoms with E-state index in [9.17, 15) is 0 Å². The molecule has 4 nitrogen and oxygen atoms in total. The molecule has 94 valence electrons. The van der Waals surface area contributed by atoms with Gasteiger partial charge in [0.1, 0.15) is 0 Å². The fourth-order valence-electron chi connectivity index (χ4n) is 2.12. The number of hydrogen-bond donors (Lipinski definition) is 0. The van der Waals surface area contributed by atoms with Crippen LogP contribution in [0.15, 0.2) is 18.3 Å². The fourth-order valence-corrected chi connectivity index (χ4v) is 2.12. The lowest BCUT2D eigenvalue weighted by molar-refractivity contribution is 0.0247. The van der Waals surface area contributed by atoms with Gasteiger partial charge in [0.25, 0.3) is 0 Å². The van der Waals surface area contributed by atoms with Gasteiger partial charge < -0.3 is 14.5 Å². The maximum Gasteiger partial charge on any atom is 0.0877 e. The standard InChI is InChI=1S/C13H21N3O/c1-11-4-5-12(8-14-11)16-6-7-17-13(10-16)9-15(2)3/h4-5,8,13H,6-7,9-10H2,1-3H3. The van der Waals surface area contributed by atoms with E-state index in [1.165, 1.54) is 5.69 Å². The third-order valence-electron chi connectivity index (χ3n) is 2.97. The van der Waals surface area contributed by atoms with Crippen LogP contribution in [0.3, 0.4) is 0 Å². The lowest BCUT2D eigenvalue weighted by Crippen LogP contribution is -2.46. The zero-order chi connectivity index (χ0) is 12.3. The molecule has 1 aromatic rings. The Kier molecular flexibility index (Phi) is 3.97. The predicted molar refractivity (Wildman–Crippen MR) is 69.5 cm³/mol. The highest BCUT2D eigenvalue weighted by molar-refractivity contribution is 5.45. The maximum absolute atomic E-state index is 5.76. The van der Waals surface area contributed by atoms with Gasteiger partial charge in [-0.1, -0.05) is 0 Å². The van der Waals surface area contributed by atoms with Crippen molar-refractivity contribution in [1.29, 1.82) is 0 Å². The number of aromatic nitrogens is 1. The molecule has 1 atom stereocenters. The molecule has 4 heteroatoms. The molecule has 0 aliphatic carbocycles. The summed E-state index contributed by atoms with van der Waals surface area (Å²) >= 11 is 0. The van der Waals surface area contributed by atoms with E-state index in [1.807, 2.05) is 13.1 Å². The van der Waals surface area contributed by atoms with Crippen molar-refractivity contribution < 1.29 is 4.74 Å². The number of ether oxygens (including phenoxy) is 1. The molecule has 1 fully saturated rings. The minimum absolute atomic E-state index is 0.292. The monoisotopic (exact) mass is 235 g/mol. The second kappa shape index (κ2) is 5.47. The normalized spacial score (nSPS) is 20.9. The SMILES string of the molecule is Cc1ccc(N2CCOC(CN(C)C)C2)cn1. The lowest BCUT2D eigenvalue weighted by Gasteiger charge is -2.35. The van der Waals surface area contributed by atoms with E-state index in [0.29, 0.717) is 6.10 Å². The van der Waals surface area contributed by atoms with Gasteiger partial charge in [0.05, 0.1) is 24.6 Å². The van der Waals surface area contributed by atoms with Crippen molar-refractivity contribution in [3.8, 4) is 0 Å². The van der Waals surface area contributed by atoms with Gasteiger partial charge in [-0.3, -0.25) is 4.98 Å². The molecule has 1 aliphatic rings. The van der Waals surface area contributed by atoms with Crippen molar-refractivity contribution in [2.75, 3.05) is 45.2 Å². The number of hydrogen-bond acceptors (Lipinski definition) is 4. The van der Waals surface area contributed by atoms with Crippen molar-refractivity contribution in [3.63, 3.8) is 0 Å². The van der Waals surface area contributed by atoms with Crippen LogP contribution in [0.5, 0.6) is 0 Å². The van der Waals surface area contributed by atoms with Crippen LogP contribution in [0, 0.1) is 6.92 Å². The molecule has 1 aliphatic heterocycles. The lowest BCUT2D eigenvalue weighted by atomic mass is 10.2. The van der Waals surface area contributed by atoms with Crippen LogP contribution in [0.25, 0.3) is 0 Å². The van der Waals surface area contributed by atoms with Crippen LogP contribution >= 0.6 is 0 Å². The Morgan fingerprint density at radius 2 is 2.29 bits per heavy atom. The minimum Gasteiger partial charge on any atom is -0.373 e. The number of anilines is 1. The van der Waals surface area contributed by atoms with Crippen molar-refractivity contribution in [1.82, 2.24) is 9.88 Å². The molecule has 0 amide bonds. The van der Waals surface area contributed by atoms with Crippen LogP contribution in [0.2, 0.25) is 0 Å². The van der Waals surface area contributed by atoms with E-state index in [-0.39, 0.29) is 0 Å². The summed E-state index contributed by atoms with van der Waals surface area (Å²) in [5.41, 5.74) is 2.26. The second-order valence-corrected chi connectivity index (χ2v) is 4.86. The summed E-state index contributed by atoms with van der Waals surface area (Å²) in [4.78, 5) is 8.87. The van der Waals surface area contributed by atoms with Crippen LogP contribution < -0.4 is 4.90 Å². The topological polar surface area (TPSA) is 28.6 Å². The van der Waals surface area contributed by atoms with Crippen LogP contribution in [0.1, 0.15) is 5.69 Å². The first-order valence-corrected chi connectivity index (χ1v) is 6.09. The van der Waals surface area contributed by atoms with Gasteiger partial charge in [0.2, 0.25) is 0 Å². The van der Waals surface area contributed by atoms with Crippen molar-refractivity contribution >= 4 is 5.69 Å². The molecule has 0 spiro atoms. The van der Waals surface area contributed by atoms with Gasteiger partial charge >= 0.3 is 0 Å². The van der Waals surface area contributed by atoms with E-state index in [0.717, 1.165) is 31.9 Å². The summed E-state index contributed by atoms with van der Waals surface area (Å²) in [6.07, 6.45) is 2.24. The van der Waals surface area contributed by atoms with Crippen molar-refractivity contribution in [2.24, 2.45) is 0 Å². The summed E-state index contributed by atoms with van der Waals surface area (Å²) in [6.45, 7) is 5.68. The molecule has 0 saturated carbocycles. The smallest absolute Gasteiger partial charge is 0.0877 e. The minimum atomic E-state index is 0.292. The largest absolute Gasteiger partial charge is 0.373 e. The highest BCUT2D eigenvalue weighted by Gasteiger charge is 2.21. The van der Waals surface area contributed by atoms with Gasteiger partial charge in [-0.2, -0.15) is 0 Å². The summed E-state index contributed by atoms with van der Waals surface area (Å²) in [5, 5.41) is 0. The molecule has 1 saturated heterocycles. The van der Waals surface area contributed by atoms with Gasteiger partial charge in [0.15, 0.2) is 0 Å². The van der Waals surface area contributed by atoms with E-state index >= 15 is 0 Å². The molecule has 0 bridgehead atoms. The van der Waals surface area contributed by atoms with E-state index < -0.39 is 0 Å². The third-order valence-corrected chi connectivity index (χ3v) is 2.97. The second-order valence-electron chi connectivity index (χ2n) is 4.86. The first kappa shape index (κ1) is 12.3. The Labute approximate surface area is 103 Å². The zero-order valence-corrected chi connectivity index (χ0v) is 10.9. The van der Waals surface area contributed by atoms with Gasteiger partial charge in [0, 0.05) is 25.3 Å². The van der Waals surface area contributed by atoms with Crippen LogP contribution in [0.4, 0.5) is 5.69 Å². The van der Waals surface area contributed by atoms with Crippen LogP contribution in [-0.2, 0) is 4.74 Å². The number of nitrogens with zero attached hydrogens (tertiary/aromatic N) is 3. The fraction of sp³-hybridized carbons (Fsp3) is 0.615. The van der Waals surface area contributed by atoms with Gasteiger partial charge in [-0.25, -0.2) is 0 Å². The first-order valence-electron chi connectivity index (χ1n) is 6.09. The molecule has 2 rings (SSSR count). The number of morpholine rings is 1. The average Bonchev–Trinajstić information content (AvgIpc) is 2.29. The van der Waals surface area contributed by atoms with Gasteiger partial charge in [-0.15, -0.1) is 0 Å². The summed E-state index contributed by atoms with van der Waals surface area (Å²) in [7, 11) is 4.16. The predicted octanol–water partition coefficient (Wildman–Crippen LogP) is 1.16. The first-order chi connectivity index (χ1) is 8.15. The molecule has 0 radical (unpaired) electrons. The Morgan fingerprint density at radius 3 is 2.94 bits per heavy atom. The molecule has 0 aromatic carbocycles. The molecule has 1 unspecified atom stereocenters. The quantitative estimate of drug-likeness (QED) is 0.786. The highest BCUT2D eigenvalue weighted by atomic mass is 16.5. The van der Waals surface area contributed by atoms with E-state index in [1.54, 1.807) is 0 Å². The summed E-state index contributed by atoms with van der Waals surface area (Å²) in [6, 6.07) is 4.20. The third kappa shape index (κ3) is 3.41. The Balaban J connectivity index is 1.99. The zero-order valence-electron chi connectivity index (χ0n) is 10.9. The molecule has 0 N–H and O–H groups in total. The summed E-state index contributed by atoms with van der Waals surface area (Å²) < 4.78 is 5.76. The van der Waals surface area contributed by atoms with E-state index in [4.69, 9.17) is 4.74 Å². The Hall–Kier alpha value is -1.13. The number of likely N-dealkylation sites (N-methyl/N-ethyl adjacent to an activating group) is 1. The molecular formula is C13H21N3O. The Morgan fingerprint density at radius 1 is 1.47 bits per heavy atom. The number of rotatable bonds is 3. The van der Waals surface area contributed by atoms with E-state index in [2.05, 4.69) is 41.0 Å². The van der Waals surface area contributed by atoms with Gasteiger partial charge in [-0.05, 0) is 33.2 Å². The summed E-state index contributed by atoms with van der Waals surface area (Å²) in [5.74, 6) is 0. The van der Waals surface area contributed by atoms with Crippen molar-refractivity contribution in [3.05, 3.63) is 24.0 Å². The molecular weight excluding hydrogens is 214 g/mol. The molecule has 1 aromatic heterocycles. The molecule has 17 heavy (non-hydrogen) atoms. The Bertz CT molecular complexity index is 350. The maximum atomic E-state index is 5.76. The number of aryl methyl sites for hydroxylation is 1. The highest BCUT2D eigenvalue weighted by Crippen LogP contribution is 2.17.